The van der Waals surface area contributed by atoms with Crippen LogP contribution in [-0.2, 0) is 0 Å². The summed E-state index contributed by atoms with van der Waals surface area (Å²) in [6.45, 7) is 5.70. The lowest BCUT2D eigenvalue weighted by Gasteiger charge is -2.29. The van der Waals surface area contributed by atoms with Crippen LogP contribution in [0.4, 0.5) is 10.5 Å². The van der Waals surface area contributed by atoms with E-state index in [0.717, 1.165) is 49.1 Å². The average molecular weight is 365 g/mol. The number of rotatable bonds is 5. The Morgan fingerprint density at radius 1 is 1.29 bits per heavy atom. The van der Waals surface area contributed by atoms with Crippen LogP contribution in [-0.4, -0.2) is 40.7 Å². The van der Waals surface area contributed by atoms with Crippen LogP contribution in [0.5, 0.6) is 5.75 Å². The third-order valence-electron chi connectivity index (χ3n) is 4.06. The Kier molecular flexibility index (Phi) is 7.12. The van der Waals surface area contributed by atoms with Crippen molar-refractivity contribution in [2.24, 2.45) is 0 Å². The Balaban J connectivity index is 2.20. The number of amides is 1. The molecule has 0 saturated heterocycles. The summed E-state index contributed by atoms with van der Waals surface area (Å²) in [6, 6.07) is 7.68. The van der Waals surface area contributed by atoms with Gasteiger partial charge in [0.25, 0.3) is 5.24 Å². The molecule has 2 rings (SSSR count). The van der Waals surface area contributed by atoms with Crippen LogP contribution in [0.25, 0.3) is 0 Å². The molecular formula is C18H24N2O2S2. The molecule has 6 heteroatoms. The van der Waals surface area contributed by atoms with Crippen molar-refractivity contribution in [2.75, 3.05) is 25.1 Å². The van der Waals surface area contributed by atoms with Gasteiger partial charge in [0, 0.05) is 30.5 Å². The van der Waals surface area contributed by atoms with Gasteiger partial charge in [-0.2, -0.15) is 0 Å². The smallest absolute Gasteiger partial charge is 0.293 e. The van der Waals surface area contributed by atoms with E-state index in [4.69, 9.17) is 17.0 Å². The predicted octanol–water partition coefficient (Wildman–Crippen LogP) is 4.70. The molecule has 0 bridgehead atoms. The van der Waals surface area contributed by atoms with Crippen LogP contribution in [0.15, 0.2) is 36.4 Å². The van der Waals surface area contributed by atoms with Gasteiger partial charge in [0.15, 0.2) is 0 Å². The SMILES string of the molecule is CCN(CC)C(=S)SC(=O)N(c1ccc(OC)cc1)C1C=CCC1. The lowest BCUT2D eigenvalue weighted by molar-refractivity contribution is 0.264. The molecule has 0 saturated carbocycles. The Morgan fingerprint density at radius 3 is 2.46 bits per heavy atom. The molecule has 0 aliphatic heterocycles. The van der Waals surface area contributed by atoms with Crippen LogP contribution in [0.3, 0.4) is 0 Å². The molecule has 0 radical (unpaired) electrons. The fraction of sp³-hybridized carbons (Fsp3) is 0.444. The van der Waals surface area contributed by atoms with E-state index in [1.807, 2.05) is 47.9 Å². The van der Waals surface area contributed by atoms with Crippen molar-refractivity contribution in [1.29, 1.82) is 0 Å². The summed E-state index contributed by atoms with van der Waals surface area (Å²) in [5.74, 6) is 0.777. The largest absolute Gasteiger partial charge is 0.497 e. The second-order valence-corrected chi connectivity index (χ2v) is 7.03. The molecule has 0 spiro atoms. The number of thioether (sulfide) groups is 1. The Bertz CT molecular complexity index is 598. The number of allylic oxidation sites excluding steroid dienone is 1. The van der Waals surface area contributed by atoms with Gasteiger partial charge in [0.2, 0.25) is 0 Å². The Morgan fingerprint density at radius 2 is 1.96 bits per heavy atom. The summed E-state index contributed by atoms with van der Waals surface area (Å²) < 4.78 is 5.84. The molecule has 0 heterocycles. The lowest BCUT2D eigenvalue weighted by Crippen LogP contribution is -2.38. The van der Waals surface area contributed by atoms with Gasteiger partial charge in [0.1, 0.15) is 10.1 Å². The molecule has 1 aromatic carbocycles. The molecule has 1 aliphatic rings. The zero-order chi connectivity index (χ0) is 17.5. The number of thiocarbonyl (C=S) groups is 1. The van der Waals surface area contributed by atoms with Crippen molar-refractivity contribution >= 4 is 39.2 Å². The number of ether oxygens (including phenoxy) is 1. The van der Waals surface area contributed by atoms with Gasteiger partial charge in [-0.05, 0) is 51.0 Å². The first-order valence-corrected chi connectivity index (χ1v) is 9.43. The minimum absolute atomic E-state index is 0.0337. The van der Waals surface area contributed by atoms with Crippen molar-refractivity contribution in [3.63, 3.8) is 0 Å². The molecule has 1 amide bonds. The highest BCUT2D eigenvalue weighted by atomic mass is 32.2. The number of nitrogens with zero attached hydrogens (tertiary/aromatic N) is 2. The van der Waals surface area contributed by atoms with Gasteiger partial charge in [-0.1, -0.05) is 24.4 Å². The predicted molar refractivity (Wildman–Crippen MR) is 106 cm³/mol. The first kappa shape index (κ1) is 18.8. The number of hydrogen-bond donors (Lipinski definition) is 0. The quantitative estimate of drug-likeness (QED) is 0.559. The van der Waals surface area contributed by atoms with Gasteiger partial charge in [-0.3, -0.25) is 9.69 Å². The maximum absolute atomic E-state index is 12.9. The molecule has 0 aromatic heterocycles. The number of benzene rings is 1. The highest BCUT2D eigenvalue weighted by Crippen LogP contribution is 2.29. The van der Waals surface area contributed by atoms with E-state index >= 15 is 0 Å². The molecule has 1 atom stereocenters. The van der Waals surface area contributed by atoms with Crippen LogP contribution in [0, 0.1) is 0 Å². The Labute approximate surface area is 153 Å². The molecule has 4 nitrogen and oxygen atoms in total. The van der Waals surface area contributed by atoms with Gasteiger partial charge >= 0.3 is 0 Å². The van der Waals surface area contributed by atoms with Gasteiger partial charge in [0.05, 0.1) is 13.2 Å². The fourth-order valence-electron chi connectivity index (χ4n) is 2.68. The molecule has 24 heavy (non-hydrogen) atoms. The molecule has 1 aromatic rings. The monoisotopic (exact) mass is 364 g/mol. The van der Waals surface area contributed by atoms with E-state index in [-0.39, 0.29) is 11.3 Å². The zero-order valence-electron chi connectivity index (χ0n) is 14.4. The average Bonchev–Trinajstić information content (AvgIpc) is 3.11. The van der Waals surface area contributed by atoms with Gasteiger partial charge < -0.3 is 9.64 Å². The molecule has 1 aliphatic carbocycles. The number of methoxy groups -OCH3 is 1. The second kappa shape index (κ2) is 9.08. The van der Waals surface area contributed by atoms with E-state index in [2.05, 4.69) is 12.2 Å². The Hall–Kier alpha value is -1.53. The van der Waals surface area contributed by atoms with E-state index in [9.17, 15) is 4.79 Å². The van der Waals surface area contributed by atoms with Crippen molar-refractivity contribution in [2.45, 2.75) is 32.7 Å². The van der Waals surface area contributed by atoms with Crippen LogP contribution >= 0.6 is 24.0 Å². The molecule has 130 valence electrons. The number of carbonyl (C=O) groups excluding carboxylic acids is 1. The first-order chi connectivity index (χ1) is 11.6. The van der Waals surface area contributed by atoms with Gasteiger partial charge in [-0.25, -0.2) is 0 Å². The third-order valence-corrected chi connectivity index (χ3v) is 5.37. The molecule has 0 N–H and O–H groups in total. The molecule has 1 unspecified atom stereocenters. The highest BCUT2D eigenvalue weighted by Gasteiger charge is 2.27. The summed E-state index contributed by atoms with van der Waals surface area (Å²) in [5, 5.41) is -0.0337. The zero-order valence-corrected chi connectivity index (χ0v) is 16.0. The normalized spacial score (nSPS) is 16.0. The minimum atomic E-state index is -0.0337. The maximum atomic E-state index is 12.9. The third kappa shape index (κ3) is 4.51. The summed E-state index contributed by atoms with van der Waals surface area (Å²) >= 11 is 6.57. The summed E-state index contributed by atoms with van der Waals surface area (Å²) in [7, 11) is 1.63. The van der Waals surface area contributed by atoms with Crippen molar-refractivity contribution in [3.8, 4) is 5.75 Å². The van der Waals surface area contributed by atoms with E-state index in [1.165, 1.54) is 0 Å². The number of anilines is 1. The fourth-order valence-corrected chi connectivity index (χ4v) is 4.02. The van der Waals surface area contributed by atoms with E-state index < -0.39 is 0 Å². The summed E-state index contributed by atoms with van der Waals surface area (Å²) in [4.78, 5) is 16.8. The van der Waals surface area contributed by atoms with E-state index in [0.29, 0.717) is 4.32 Å². The van der Waals surface area contributed by atoms with Gasteiger partial charge in [-0.15, -0.1) is 0 Å². The molecular weight excluding hydrogens is 340 g/mol. The summed E-state index contributed by atoms with van der Waals surface area (Å²) in [5.41, 5.74) is 0.868. The van der Waals surface area contributed by atoms with Crippen molar-refractivity contribution < 1.29 is 9.53 Å². The van der Waals surface area contributed by atoms with Crippen molar-refractivity contribution in [1.82, 2.24) is 4.90 Å². The van der Waals surface area contributed by atoms with Crippen LogP contribution in [0.1, 0.15) is 26.7 Å². The topological polar surface area (TPSA) is 32.8 Å². The summed E-state index contributed by atoms with van der Waals surface area (Å²) in [6.07, 6.45) is 6.16. The number of hydrogen-bond acceptors (Lipinski definition) is 4. The minimum Gasteiger partial charge on any atom is -0.497 e. The first-order valence-electron chi connectivity index (χ1n) is 8.21. The maximum Gasteiger partial charge on any atom is 0.293 e. The van der Waals surface area contributed by atoms with Crippen molar-refractivity contribution in [3.05, 3.63) is 36.4 Å². The highest BCUT2D eigenvalue weighted by molar-refractivity contribution is 8.32. The standard InChI is InChI=1S/C18H24N2O2S2/c1-4-19(5-2)18(23)24-17(21)20(14-8-6-7-9-14)15-10-12-16(22-3)13-11-15/h6,8,10-14H,4-5,7,9H2,1-3H3. The van der Waals surface area contributed by atoms with Crippen LogP contribution < -0.4 is 9.64 Å². The lowest BCUT2D eigenvalue weighted by atomic mass is 10.2. The van der Waals surface area contributed by atoms with E-state index in [1.54, 1.807) is 7.11 Å². The van der Waals surface area contributed by atoms with Crippen LogP contribution in [0.2, 0.25) is 0 Å². The second-order valence-electron chi connectivity index (χ2n) is 5.45. The molecule has 0 fully saturated rings. The number of carbonyl (C=O) groups is 1.